The Hall–Kier alpha value is -1.88. The van der Waals surface area contributed by atoms with Gasteiger partial charge in [-0.3, -0.25) is 9.19 Å². The monoisotopic (exact) mass is 274 g/mol. The Balaban J connectivity index is 1.81. The first-order chi connectivity index (χ1) is 9.25. The van der Waals surface area contributed by atoms with E-state index in [2.05, 4.69) is 4.98 Å². The number of para-hydroxylation sites is 1. The van der Waals surface area contributed by atoms with Crippen molar-refractivity contribution in [2.24, 2.45) is 0 Å². The molecule has 98 valence electrons. The molecule has 0 fully saturated rings. The maximum atomic E-state index is 12.4. The number of benzene rings is 1. The van der Waals surface area contributed by atoms with Crippen molar-refractivity contribution < 1.29 is 8.95 Å². The number of nitrogen functional groups attached to an aromatic ring is 1. The molecule has 2 N–H and O–H groups in total. The van der Waals surface area contributed by atoms with Gasteiger partial charge in [0.2, 0.25) is 0 Å². The number of hydrogen-bond acceptors (Lipinski definition) is 4. The lowest BCUT2D eigenvalue weighted by Gasteiger charge is -2.09. The van der Waals surface area contributed by atoms with E-state index in [0.717, 1.165) is 11.3 Å². The van der Waals surface area contributed by atoms with Gasteiger partial charge in [-0.2, -0.15) is 0 Å². The van der Waals surface area contributed by atoms with Crippen LogP contribution in [0.25, 0.3) is 0 Å². The van der Waals surface area contributed by atoms with Gasteiger partial charge in [0.25, 0.3) is 0 Å². The fraction of sp³-hybridized carbons (Fsp3) is 0.214. The second-order valence-corrected chi connectivity index (χ2v) is 5.94. The molecule has 19 heavy (non-hydrogen) atoms. The van der Waals surface area contributed by atoms with Gasteiger partial charge >= 0.3 is 0 Å². The van der Waals surface area contributed by atoms with Gasteiger partial charge in [-0.15, -0.1) is 0 Å². The van der Waals surface area contributed by atoms with E-state index in [-0.39, 0.29) is 5.92 Å². The Morgan fingerprint density at radius 1 is 1.37 bits per heavy atom. The summed E-state index contributed by atoms with van der Waals surface area (Å²) >= 11 is 0. The average Bonchev–Trinajstić information content (AvgIpc) is 2.83. The minimum absolute atomic E-state index is 0.157. The molecule has 0 spiro atoms. The lowest BCUT2D eigenvalue weighted by molar-refractivity contribution is 0.338. The molecule has 3 rings (SSSR count). The Morgan fingerprint density at radius 3 is 3.05 bits per heavy atom. The normalized spacial score (nSPS) is 18.6. The highest BCUT2D eigenvalue weighted by atomic mass is 32.2. The van der Waals surface area contributed by atoms with Crippen molar-refractivity contribution >= 4 is 16.5 Å². The van der Waals surface area contributed by atoms with Crippen LogP contribution in [0, 0.1) is 0 Å². The molecule has 1 aromatic heterocycles. The molecule has 0 radical (unpaired) electrons. The Bertz CT molecular complexity index is 630. The molecule has 0 amide bonds. The van der Waals surface area contributed by atoms with E-state index in [1.807, 2.05) is 24.3 Å². The number of rotatable bonds is 3. The van der Waals surface area contributed by atoms with E-state index in [9.17, 15) is 4.21 Å². The fourth-order valence-corrected chi connectivity index (χ4v) is 3.59. The average molecular weight is 274 g/mol. The minimum Gasteiger partial charge on any atom is -0.493 e. The highest BCUT2D eigenvalue weighted by molar-refractivity contribution is 7.85. The molecule has 1 aromatic carbocycles. The molecule has 2 atom stereocenters. The van der Waals surface area contributed by atoms with E-state index in [1.54, 1.807) is 12.3 Å². The van der Waals surface area contributed by atoms with Crippen LogP contribution in [-0.2, 0) is 10.8 Å². The summed E-state index contributed by atoms with van der Waals surface area (Å²) in [6.07, 6.45) is 3.15. The standard InChI is InChI=1S/C14H14N2O2S/c15-12-7-16-6-5-14(12)19(17)9-10-8-18-13-4-2-1-3-11(10)13/h1-7,10H,8-9,15H2. The van der Waals surface area contributed by atoms with E-state index < -0.39 is 10.8 Å². The highest BCUT2D eigenvalue weighted by Gasteiger charge is 2.26. The summed E-state index contributed by atoms with van der Waals surface area (Å²) in [7, 11) is -1.14. The number of pyridine rings is 1. The van der Waals surface area contributed by atoms with E-state index in [1.165, 1.54) is 6.20 Å². The number of fused-ring (bicyclic) bond motifs is 1. The first kappa shape index (κ1) is 12.2. The van der Waals surface area contributed by atoms with Gasteiger partial charge in [0, 0.05) is 23.4 Å². The number of ether oxygens (including phenoxy) is 1. The Morgan fingerprint density at radius 2 is 2.21 bits per heavy atom. The quantitative estimate of drug-likeness (QED) is 0.929. The first-order valence-corrected chi connectivity index (χ1v) is 7.37. The summed E-state index contributed by atoms with van der Waals surface area (Å²) in [4.78, 5) is 4.56. The second kappa shape index (κ2) is 5.01. The highest BCUT2D eigenvalue weighted by Crippen LogP contribution is 2.34. The molecule has 4 nitrogen and oxygen atoms in total. The van der Waals surface area contributed by atoms with E-state index >= 15 is 0 Å². The first-order valence-electron chi connectivity index (χ1n) is 6.05. The van der Waals surface area contributed by atoms with Crippen LogP contribution in [0.3, 0.4) is 0 Å². The third kappa shape index (κ3) is 2.33. The lowest BCUT2D eigenvalue weighted by atomic mass is 10.0. The topological polar surface area (TPSA) is 65.2 Å². The van der Waals surface area contributed by atoms with Crippen molar-refractivity contribution in [1.82, 2.24) is 4.98 Å². The zero-order valence-electron chi connectivity index (χ0n) is 10.3. The molecule has 2 aromatic rings. The zero-order chi connectivity index (χ0) is 13.2. The molecule has 0 saturated carbocycles. The van der Waals surface area contributed by atoms with Crippen molar-refractivity contribution in [2.45, 2.75) is 10.8 Å². The Labute approximate surface area is 114 Å². The SMILES string of the molecule is Nc1cnccc1S(=O)CC1COc2ccccc21. The van der Waals surface area contributed by atoms with Gasteiger partial charge < -0.3 is 10.5 Å². The predicted octanol–water partition coefficient (Wildman–Crippen LogP) is 1.95. The molecular formula is C14H14N2O2S. The van der Waals surface area contributed by atoms with Crippen LogP contribution in [0.4, 0.5) is 5.69 Å². The number of hydrogen-bond donors (Lipinski definition) is 1. The van der Waals surface area contributed by atoms with Crippen molar-refractivity contribution in [2.75, 3.05) is 18.1 Å². The van der Waals surface area contributed by atoms with Crippen molar-refractivity contribution in [3.05, 3.63) is 48.3 Å². The number of anilines is 1. The van der Waals surface area contributed by atoms with Crippen LogP contribution >= 0.6 is 0 Å². The molecular weight excluding hydrogens is 260 g/mol. The summed E-state index contributed by atoms with van der Waals surface area (Å²) in [5.74, 6) is 1.57. The molecule has 5 heteroatoms. The summed E-state index contributed by atoms with van der Waals surface area (Å²) in [6, 6.07) is 9.61. The number of nitrogens with zero attached hydrogens (tertiary/aromatic N) is 1. The van der Waals surface area contributed by atoms with Gasteiger partial charge in [-0.25, -0.2) is 0 Å². The third-order valence-corrected chi connectivity index (χ3v) is 4.77. The van der Waals surface area contributed by atoms with Crippen LogP contribution < -0.4 is 10.5 Å². The van der Waals surface area contributed by atoms with Crippen LogP contribution in [0.15, 0.2) is 47.6 Å². The largest absolute Gasteiger partial charge is 0.493 e. The molecule has 2 heterocycles. The summed E-state index contributed by atoms with van der Waals surface area (Å²) < 4.78 is 18.0. The summed E-state index contributed by atoms with van der Waals surface area (Å²) in [6.45, 7) is 0.579. The fourth-order valence-electron chi connectivity index (χ4n) is 2.24. The number of nitrogens with two attached hydrogens (primary N) is 1. The molecule has 0 bridgehead atoms. The number of aromatic nitrogens is 1. The molecule has 1 aliphatic heterocycles. The van der Waals surface area contributed by atoms with Gasteiger partial charge in [0.05, 0.1) is 34.2 Å². The molecule has 2 unspecified atom stereocenters. The third-order valence-electron chi connectivity index (χ3n) is 3.21. The van der Waals surface area contributed by atoms with E-state index in [0.29, 0.717) is 22.9 Å². The zero-order valence-corrected chi connectivity index (χ0v) is 11.1. The minimum atomic E-state index is -1.14. The van der Waals surface area contributed by atoms with Crippen molar-refractivity contribution in [1.29, 1.82) is 0 Å². The van der Waals surface area contributed by atoms with Crippen LogP contribution in [0.5, 0.6) is 5.75 Å². The van der Waals surface area contributed by atoms with Crippen molar-refractivity contribution in [3.63, 3.8) is 0 Å². The Kier molecular flexibility index (Phi) is 3.21. The smallest absolute Gasteiger partial charge is 0.122 e. The van der Waals surface area contributed by atoms with Crippen LogP contribution in [0.1, 0.15) is 11.5 Å². The van der Waals surface area contributed by atoms with Gasteiger partial charge in [0.1, 0.15) is 5.75 Å². The molecule has 0 aliphatic carbocycles. The lowest BCUT2D eigenvalue weighted by Crippen LogP contribution is -2.12. The van der Waals surface area contributed by atoms with Gasteiger partial charge in [0.15, 0.2) is 0 Å². The van der Waals surface area contributed by atoms with Crippen LogP contribution in [-0.4, -0.2) is 21.6 Å². The van der Waals surface area contributed by atoms with Gasteiger partial charge in [-0.1, -0.05) is 18.2 Å². The van der Waals surface area contributed by atoms with Crippen LogP contribution in [0.2, 0.25) is 0 Å². The maximum absolute atomic E-state index is 12.4. The predicted molar refractivity (Wildman–Crippen MR) is 74.6 cm³/mol. The van der Waals surface area contributed by atoms with Gasteiger partial charge in [-0.05, 0) is 12.1 Å². The van der Waals surface area contributed by atoms with E-state index in [4.69, 9.17) is 10.5 Å². The molecule has 1 aliphatic rings. The summed E-state index contributed by atoms with van der Waals surface area (Å²) in [5.41, 5.74) is 7.41. The second-order valence-electron chi connectivity index (χ2n) is 4.47. The molecule has 0 saturated heterocycles. The maximum Gasteiger partial charge on any atom is 0.122 e. The van der Waals surface area contributed by atoms with Crippen molar-refractivity contribution in [3.8, 4) is 5.75 Å². The summed E-state index contributed by atoms with van der Waals surface area (Å²) in [5, 5.41) is 0.